The van der Waals surface area contributed by atoms with E-state index < -0.39 is 0 Å². The van der Waals surface area contributed by atoms with Gasteiger partial charge in [0.15, 0.2) is 0 Å². The van der Waals surface area contributed by atoms with E-state index in [1.165, 1.54) is 0 Å². The highest BCUT2D eigenvalue weighted by Gasteiger charge is 2.26. The van der Waals surface area contributed by atoms with E-state index in [0.717, 1.165) is 43.9 Å². The zero-order chi connectivity index (χ0) is 18.4. The summed E-state index contributed by atoms with van der Waals surface area (Å²) in [5.41, 5.74) is 1.95. The summed E-state index contributed by atoms with van der Waals surface area (Å²) >= 11 is 0. The van der Waals surface area contributed by atoms with E-state index in [1.54, 1.807) is 0 Å². The summed E-state index contributed by atoms with van der Waals surface area (Å²) in [6, 6.07) is 8.37. The van der Waals surface area contributed by atoms with Gasteiger partial charge in [-0.3, -0.25) is 10.6 Å². The number of carbonyl (C=O) groups excluding carboxylic acids is 1. The van der Waals surface area contributed by atoms with Crippen molar-refractivity contribution in [2.75, 3.05) is 25.1 Å². The zero-order valence-corrected chi connectivity index (χ0v) is 15.6. The first-order valence-corrected chi connectivity index (χ1v) is 9.42. The number of amides is 2. The molecular weight excluding hydrogens is 330 g/mol. The lowest BCUT2D eigenvalue weighted by Gasteiger charge is -2.37. The third-order valence-electron chi connectivity index (χ3n) is 4.78. The highest BCUT2D eigenvalue weighted by Crippen LogP contribution is 2.09. The van der Waals surface area contributed by atoms with Gasteiger partial charge in [0.2, 0.25) is 0 Å². The van der Waals surface area contributed by atoms with E-state index in [-0.39, 0.29) is 18.5 Å². The molecule has 26 heavy (non-hydrogen) atoms. The van der Waals surface area contributed by atoms with Crippen LogP contribution in [-0.2, 0) is 0 Å². The molecule has 2 saturated heterocycles. The molecular formula is C18H31N7O. The molecule has 1 aromatic carbocycles. The molecule has 0 spiro atoms. The van der Waals surface area contributed by atoms with Crippen LogP contribution in [0.5, 0.6) is 0 Å². The number of urea groups is 1. The Kier molecular flexibility index (Phi) is 6.81. The normalized spacial score (nSPS) is 28.7. The fourth-order valence-electron chi connectivity index (χ4n) is 3.36. The Balaban J connectivity index is 1.41. The maximum Gasteiger partial charge on any atom is 0.321 e. The average molecular weight is 361 g/mol. The third-order valence-corrected chi connectivity index (χ3v) is 4.78. The summed E-state index contributed by atoms with van der Waals surface area (Å²) in [6.07, 6.45) is 1.95. The molecule has 2 aliphatic heterocycles. The number of anilines is 1. The van der Waals surface area contributed by atoms with Crippen LogP contribution in [0, 0.1) is 6.92 Å². The Hall–Kier alpha value is -1.71. The van der Waals surface area contributed by atoms with Gasteiger partial charge in [0.1, 0.15) is 6.29 Å². The second kappa shape index (κ2) is 9.29. The number of carbonyl (C=O) groups is 1. The summed E-state index contributed by atoms with van der Waals surface area (Å²) < 4.78 is 0. The van der Waals surface area contributed by atoms with Crippen molar-refractivity contribution in [1.29, 1.82) is 0 Å². The van der Waals surface area contributed by atoms with E-state index in [4.69, 9.17) is 0 Å². The number of benzene rings is 1. The molecule has 8 nitrogen and oxygen atoms in total. The van der Waals surface area contributed by atoms with Crippen LogP contribution >= 0.6 is 0 Å². The van der Waals surface area contributed by atoms with Crippen molar-refractivity contribution >= 4 is 11.7 Å². The molecule has 0 aromatic heterocycles. The Bertz CT molecular complexity index is 573. The van der Waals surface area contributed by atoms with Gasteiger partial charge in [0.05, 0.1) is 6.17 Å². The van der Waals surface area contributed by atoms with E-state index in [1.807, 2.05) is 31.2 Å². The third kappa shape index (κ3) is 5.93. The number of hydrogen-bond acceptors (Lipinski definition) is 6. The lowest BCUT2D eigenvalue weighted by Crippen LogP contribution is -2.67. The second-order valence-electron chi connectivity index (χ2n) is 7.19. The van der Waals surface area contributed by atoms with Gasteiger partial charge in [-0.25, -0.2) is 4.79 Å². The summed E-state index contributed by atoms with van der Waals surface area (Å²) in [5.74, 6) is 0. The van der Waals surface area contributed by atoms with Crippen LogP contribution in [0.1, 0.15) is 25.3 Å². The molecule has 144 valence electrons. The van der Waals surface area contributed by atoms with Crippen LogP contribution in [0.2, 0.25) is 0 Å². The molecule has 1 aromatic rings. The Labute approximate surface area is 155 Å². The lowest BCUT2D eigenvalue weighted by atomic mass is 10.1. The maximum atomic E-state index is 12.2. The number of nitrogens with one attached hydrogen (secondary N) is 7. The smallest absolute Gasteiger partial charge is 0.310 e. The molecule has 4 atom stereocenters. The van der Waals surface area contributed by atoms with Crippen LogP contribution < -0.4 is 37.2 Å². The van der Waals surface area contributed by atoms with Crippen molar-refractivity contribution < 1.29 is 4.79 Å². The van der Waals surface area contributed by atoms with Gasteiger partial charge in [-0.1, -0.05) is 17.7 Å². The van der Waals surface area contributed by atoms with Gasteiger partial charge in [-0.2, -0.15) is 0 Å². The zero-order valence-electron chi connectivity index (χ0n) is 15.6. The van der Waals surface area contributed by atoms with Crippen LogP contribution in [-0.4, -0.2) is 50.3 Å². The van der Waals surface area contributed by atoms with Gasteiger partial charge in [-0.15, -0.1) is 0 Å². The van der Waals surface area contributed by atoms with Gasteiger partial charge < -0.3 is 26.6 Å². The van der Waals surface area contributed by atoms with Crippen molar-refractivity contribution in [1.82, 2.24) is 31.9 Å². The lowest BCUT2D eigenvalue weighted by molar-refractivity contribution is 0.193. The Morgan fingerprint density at radius 2 is 2.04 bits per heavy atom. The van der Waals surface area contributed by atoms with Crippen molar-refractivity contribution in [3.05, 3.63) is 29.8 Å². The molecule has 2 aliphatic rings. The SMILES string of the molecule is Cc1ccc(NC(=O)NC2NC(C)CC(NCCC3CNCN3)N2)cc1. The van der Waals surface area contributed by atoms with E-state index in [2.05, 4.69) is 44.1 Å². The Morgan fingerprint density at radius 1 is 1.23 bits per heavy atom. The Morgan fingerprint density at radius 3 is 2.77 bits per heavy atom. The molecule has 7 N–H and O–H groups in total. The highest BCUT2D eigenvalue weighted by molar-refractivity contribution is 5.89. The topological polar surface area (TPSA) is 101 Å². The first-order valence-electron chi connectivity index (χ1n) is 9.42. The molecule has 2 fully saturated rings. The largest absolute Gasteiger partial charge is 0.321 e. The number of hydrogen-bond donors (Lipinski definition) is 7. The monoisotopic (exact) mass is 361 g/mol. The second-order valence-corrected chi connectivity index (χ2v) is 7.19. The summed E-state index contributed by atoms with van der Waals surface area (Å²) in [7, 11) is 0. The first kappa shape index (κ1) is 19.1. The fraction of sp³-hybridized carbons (Fsp3) is 0.611. The van der Waals surface area contributed by atoms with E-state index in [0.29, 0.717) is 12.1 Å². The molecule has 2 heterocycles. The minimum absolute atomic E-state index is 0.172. The molecule has 0 saturated carbocycles. The van der Waals surface area contributed by atoms with Crippen molar-refractivity contribution in [3.8, 4) is 0 Å². The van der Waals surface area contributed by atoms with Crippen LogP contribution in [0.25, 0.3) is 0 Å². The molecule has 3 rings (SSSR count). The number of rotatable bonds is 6. The van der Waals surface area contributed by atoms with Crippen molar-refractivity contribution in [2.24, 2.45) is 0 Å². The van der Waals surface area contributed by atoms with Crippen molar-refractivity contribution in [3.63, 3.8) is 0 Å². The van der Waals surface area contributed by atoms with E-state index >= 15 is 0 Å². The van der Waals surface area contributed by atoms with Crippen LogP contribution in [0.3, 0.4) is 0 Å². The molecule has 0 bridgehead atoms. The quantitative estimate of drug-likeness (QED) is 0.391. The highest BCUT2D eigenvalue weighted by atomic mass is 16.2. The summed E-state index contributed by atoms with van der Waals surface area (Å²) in [5, 5.41) is 22.8. The minimum atomic E-state index is -0.270. The molecule has 0 radical (unpaired) electrons. The first-order chi connectivity index (χ1) is 12.6. The average Bonchev–Trinajstić information content (AvgIpc) is 3.10. The molecule has 4 unspecified atom stereocenters. The van der Waals surface area contributed by atoms with Gasteiger partial charge >= 0.3 is 6.03 Å². The predicted molar refractivity (Wildman–Crippen MR) is 104 cm³/mol. The van der Waals surface area contributed by atoms with Gasteiger partial charge in [0, 0.05) is 31.0 Å². The van der Waals surface area contributed by atoms with Gasteiger partial charge in [-0.05, 0) is 45.4 Å². The fourth-order valence-corrected chi connectivity index (χ4v) is 3.36. The summed E-state index contributed by atoms with van der Waals surface area (Å²) in [4.78, 5) is 12.2. The maximum absolute atomic E-state index is 12.2. The van der Waals surface area contributed by atoms with Crippen LogP contribution in [0.4, 0.5) is 10.5 Å². The predicted octanol–water partition coefficient (Wildman–Crippen LogP) is 0.196. The molecule has 0 aliphatic carbocycles. The number of aryl methyl sites for hydroxylation is 1. The van der Waals surface area contributed by atoms with Crippen LogP contribution in [0.15, 0.2) is 24.3 Å². The van der Waals surface area contributed by atoms with Gasteiger partial charge in [0.25, 0.3) is 0 Å². The van der Waals surface area contributed by atoms with E-state index in [9.17, 15) is 4.79 Å². The summed E-state index contributed by atoms with van der Waals surface area (Å²) in [6.45, 7) is 7.01. The molecule has 8 heteroatoms. The standard InChI is InChI=1S/C18H31N7O/c1-12-3-5-14(6-4-12)23-18(26)25-17-22-13(2)9-16(24-17)20-8-7-15-10-19-11-21-15/h3-6,13,15-17,19-22,24H,7-11H2,1-2H3,(H2,23,25,26). The molecule has 2 amide bonds. The van der Waals surface area contributed by atoms with Crippen molar-refractivity contribution in [2.45, 2.75) is 51.2 Å². The minimum Gasteiger partial charge on any atom is -0.310 e.